The molecular weight excluding hydrogens is 212 g/mol. The highest BCUT2D eigenvalue weighted by atomic mass is 16.2. The molecular formula is C14H24N2O. The van der Waals surface area contributed by atoms with E-state index < -0.39 is 0 Å². The molecule has 0 bridgehead atoms. The van der Waals surface area contributed by atoms with Gasteiger partial charge in [0, 0.05) is 30.6 Å². The maximum absolute atomic E-state index is 12.2. The smallest absolute Gasteiger partial charge is 0.228 e. The summed E-state index contributed by atoms with van der Waals surface area (Å²) in [6.07, 6.45) is 8.62. The average molecular weight is 236 g/mol. The number of amides is 1. The molecule has 17 heavy (non-hydrogen) atoms. The predicted molar refractivity (Wildman–Crippen MR) is 67.7 cm³/mol. The monoisotopic (exact) mass is 236 g/mol. The zero-order chi connectivity index (χ0) is 11.9. The van der Waals surface area contributed by atoms with Crippen molar-refractivity contribution in [2.24, 2.45) is 5.41 Å². The van der Waals surface area contributed by atoms with Crippen LogP contribution >= 0.6 is 0 Å². The van der Waals surface area contributed by atoms with Crippen molar-refractivity contribution in [1.82, 2.24) is 10.2 Å². The number of piperidine rings is 1. The number of carbonyl (C=O) groups is 1. The Balaban J connectivity index is 1.45. The molecule has 0 unspecified atom stereocenters. The van der Waals surface area contributed by atoms with Crippen molar-refractivity contribution in [3.05, 3.63) is 0 Å². The third kappa shape index (κ3) is 2.35. The fourth-order valence-electron chi connectivity index (χ4n) is 2.94. The Bertz CT molecular complexity index is 299. The Morgan fingerprint density at radius 2 is 1.71 bits per heavy atom. The third-order valence-electron chi connectivity index (χ3n) is 4.88. The Labute approximate surface area is 104 Å². The van der Waals surface area contributed by atoms with Crippen LogP contribution in [-0.2, 0) is 4.79 Å². The minimum atomic E-state index is 0.0221. The second-order valence-corrected chi connectivity index (χ2v) is 6.42. The molecule has 1 N–H and O–H groups in total. The molecule has 3 aliphatic rings. The molecule has 2 saturated carbocycles. The normalized spacial score (nSPS) is 28.9. The summed E-state index contributed by atoms with van der Waals surface area (Å²) < 4.78 is 0. The van der Waals surface area contributed by atoms with Gasteiger partial charge in [-0.25, -0.2) is 0 Å². The molecule has 1 aliphatic heterocycles. The minimum absolute atomic E-state index is 0.0221. The number of rotatable bonds is 3. The molecule has 0 spiro atoms. The predicted octanol–water partition coefficient (Wildman–Crippen LogP) is 1.92. The summed E-state index contributed by atoms with van der Waals surface area (Å²) in [5.41, 5.74) is 0.0221. The molecule has 2 aliphatic carbocycles. The SMILES string of the molecule is CC1(C(=O)N2CCC(NC3CCC3)CC2)CC1. The Morgan fingerprint density at radius 1 is 1.12 bits per heavy atom. The van der Waals surface area contributed by atoms with Gasteiger partial charge in [-0.2, -0.15) is 0 Å². The zero-order valence-electron chi connectivity index (χ0n) is 10.9. The van der Waals surface area contributed by atoms with Crippen LogP contribution in [0, 0.1) is 5.41 Å². The maximum atomic E-state index is 12.2. The van der Waals surface area contributed by atoms with Crippen molar-refractivity contribution >= 4 is 5.91 Å². The van der Waals surface area contributed by atoms with E-state index in [1.807, 2.05) is 0 Å². The second-order valence-electron chi connectivity index (χ2n) is 6.42. The molecule has 0 aromatic rings. The zero-order valence-corrected chi connectivity index (χ0v) is 10.9. The van der Waals surface area contributed by atoms with E-state index in [1.54, 1.807) is 0 Å². The van der Waals surface area contributed by atoms with Gasteiger partial charge in [0.05, 0.1) is 0 Å². The van der Waals surface area contributed by atoms with Crippen LogP contribution in [0.1, 0.15) is 51.9 Å². The van der Waals surface area contributed by atoms with Crippen LogP contribution in [0.5, 0.6) is 0 Å². The molecule has 0 radical (unpaired) electrons. The number of hydrogen-bond donors (Lipinski definition) is 1. The van der Waals surface area contributed by atoms with Gasteiger partial charge < -0.3 is 10.2 Å². The Hall–Kier alpha value is -0.570. The Morgan fingerprint density at radius 3 is 2.18 bits per heavy atom. The fourth-order valence-corrected chi connectivity index (χ4v) is 2.94. The lowest BCUT2D eigenvalue weighted by molar-refractivity contribution is -0.137. The van der Waals surface area contributed by atoms with Crippen molar-refractivity contribution in [3.8, 4) is 0 Å². The highest BCUT2D eigenvalue weighted by Gasteiger charge is 2.47. The first-order valence-corrected chi connectivity index (χ1v) is 7.23. The summed E-state index contributed by atoms with van der Waals surface area (Å²) in [5, 5.41) is 3.73. The van der Waals surface area contributed by atoms with Crippen LogP contribution < -0.4 is 5.32 Å². The second kappa shape index (κ2) is 4.27. The van der Waals surface area contributed by atoms with Crippen molar-refractivity contribution < 1.29 is 4.79 Å². The van der Waals surface area contributed by atoms with E-state index in [-0.39, 0.29) is 5.41 Å². The van der Waals surface area contributed by atoms with Gasteiger partial charge in [-0.1, -0.05) is 13.3 Å². The van der Waals surface area contributed by atoms with Crippen LogP contribution in [0.3, 0.4) is 0 Å². The highest BCUT2D eigenvalue weighted by Crippen LogP contribution is 2.46. The van der Waals surface area contributed by atoms with E-state index in [1.165, 1.54) is 19.3 Å². The molecule has 3 nitrogen and oxygen atoms in total. The van der Waals surface area contributed by atoms with Crippen molar-refractivity contribution in [3.63, 3.8) is 0 Å². The molecule has 1 heterocycles. The number of carbonyl (C=O) groups excluding carboxylic acids is 1. The van der Waals surface area contributed by atoms with Gasteiger partial charge in [0.15, 0.2) is 0 Å². The van der Waals surface area contributed by atoms with Crippen molar-refractivity contribution in [2.75, 3.05) is 13.1 Å². The molecule has 1 saturated heterocycles. The van der Waals surface area contributed by atoms with E-state index in [4.69, 9.17) is 0 Å². The van der Waals surface area contributed by atoms with Gasteiger partial charge in [0.2, 0.25) is 5.91 Å². The molecule has 0 aromatic carbocycles. The summed E-state index contributed by atoms with van der Waals surface area (Å²) in [5.74, 6) is 0.416. The van der Waals surface area contributed by atoms with E-state index in [0.717, 1.165) is 44.8 Å². The van der Waals surface area contributed by atoms with Crippen LogP contribution in [0.15, 0.2) is 0 Å². The number of nitrogens with one attached hydrogen (secondary N) is 1. The molecule has 3 heteroatoms. The summed E-state index contributed by atoms with van der Waals surface area (Å²) >= 11 is 0. The van der Waals surface area contributed by atoms with Crippen LogP contribution in [0.25, 0.3) is 0 Å². The van der Waals surface area contributed by atoms with Gasteiger partial charge in [-0.3, -0.25) is 4.79 Å². The van der Waals surface area contributed by atoms with Crippen LogP contribution in [0.2, 0.25) is 0 Å². The maximum Gasteiger partial charge on any atom is 0.228 e. The summed E-state index contributed by atoms with van der Waals surface area (Å²) in [4.78, 5) is 14.3. The number of likely N-dealkylation sites (tertiary alicyclic amines) is 1. The molecule has 0 atom stereocenters. The lowest BCUT2D eigenvalue weighted by Gasteiger charge is -2.38. The first-order chi connectivity index (χ1) is 8.17. The third-order valence-corrected chi connectivity index (χ3v) is 4.88. The van der Waals surface area contributed by atoms with Gasteiger partial charge in [0.1, 0.15) is 0 Å². The largest absolute Gasteiger partial charge is 0.342 e. The van der Waals surface area contributed by atoms with Gasteiger partial charge in [0.25, 0.3) is 0 Å². The first kappa shape index (κ1) is 11.5. The summed E-state index contributed by atoms with van der Waals surface area (Å²) in [6, 6.07) is 1.44. The number of nitrogens with zero attached hydrogens (tertiary/aromatic N) is 1. The molecule has 96 valence electrons. The highest BCUT2D eigenvalue weighted by molar-refractivity contribution is 5.84. The van der Waals surface area contributed by atoms with Crippen LogP contribution in [-0.4, -0.2) is 36.0 Å². The lowest BCUT2D eigenvalue weighted by Crippen LogP contribution is -2.50. The van der Waals surface area contributed by atoms with Crippen molar-refractivity contribution in [2.45, 2.75) is 64.0 Å². The average Bonchev–Trinajstić information content (AvgIpc) is 3.03. The molecule has 0 aromatic heterocycles. The van der Waals surface area contributed by atoms with E-state index in [2.05, 4.69) is 17.1 Å². The van der Waals surface area contributed by atoms with E-state index >= 15 is 0 Å². The molecule has 3 rings (SSSR count). The lowest BCUT2D eigenvalue weighted by atomic mass is 9.91. The van der Waals surface area contributed by atoms with Crippen molar-refractivity contribution in [1.29, 1.82) is 0 Å². The standard InChI is InChI=1S/C14H24N2O/c1-14(7-8-14)13(17)16-9-5-12(6-10-16)15-11-3-2-4-11/h11-12,15H,2-10H2,1H3. The topological polar surface area (TPSA) is 32.3 Å². The Kier molecular flexibility index (Phi) is 2.89. The molecule has 3 fully saturated rings. The summed E-state index contributed by atoms with van der Waals surface area (Å²) in [6.45, 7) is 4.06. The fraction of sp³-hybridized carbons (Fsp3) is 0.929. The number of hydrogen-bond acceptors (Lipinski definition) is 2. The summed E-state index contributed by atoms with van der Waals surface area (Å²) in [7, 11) is 0. The van der Waals surface area contributed by atoms with Crippen LogP contribution in [0.4, 0.5) is 0 Å². The van der Waals surface area contributed by atoms with Gasteiger partial charge in [-0.05, 0) is 38.5 Å². The quantitative estimate of drug-likeness (QED) is 0.812. The minimum Gasteiger partial charge on any atom is -0.342 e. The van der Waals surface area contributed by atoms with Gasteiger partial charge in [-0.15, -0.1) is 0 Å². The first-order valence-electron chi connectivity index (χ1n) is 7.23. The van der Waals surface area contributed by atoms with Gasteiger partial charge >= 0.3 is 0 Å². The van der Waals surface area contributed by atoms with E-state index in [0.29, 0.717) is 11.9 Å². The molecule has 1 amide bonds. The van der Waals surface area contributed by atoms with E-state index in [9.17, 15) is 4.79 Å².